The van der Waals surface area contributed by atoms with E-state index < -0.39 is 5.97 Å². The van der Waals surface area contributed by atoms with Crippen molar-refractivity contribution < 1.29 is 9.90 Å². The van der Waals surface area contributed by atoms with Gasteiger partial charge >= 0.3 is 5.97 Å². The first-order valence-electron chi connectivity index (χ1n) is 5.75. The normalized spacial score (nSPS) is 11.4. The van der Waals surface area contributed by atoms with E-state index in [0.29, 0.717) is 5.69 Å². The molecular formula is C14H17NO2. The fourth-order valence-corrected chi connectivity index (χ4v) is 2.42. The van der Waals surface area contributed by atoms with Gasteiger partial charge in [-0.2, -0.15) is 0 Å². The Kier molecular flexibility index (Phi) is 2.69. The lowest BCUT2D eigenvalue weighted by atomic mass is 9.99. The number of carboxylic acids is 1. The monoisotopic (exact) mass is 231 g/mol. The lowest BCUT2D eigenvalue weighted by Gasteiger charge is -2.06. The van der Waals surface area contributed by atoms with E-state index in [4.69, 9.17) is 0 Å². The Morgan fingerprint density at radius 3 is 2.53 bits per heavy atom. The SMILES string of the molecule is Cc1ccc2c(C(C)C)c(C(=O)O)n(C)c2c1. The Morgan fingerprint density at radius 2 is 2.00 bits per heavy atom. The van der Waals surface area contributed by atoms with Gasteiger partial charge in [0.2, 0.25) is 0 Å². The minimum absolute atomic E-state index is 0.201. The first-order valence-corrected chi connectivity index (χ1v) is 5.75. The van der Waals surface area contributed by atoms with Crippen LogP contribution in [-0.2, 0) is 7.05 Å². The Hall–Kier alpha value is -1.77. The quantitative estimate of drug-likeness (QED) is 0.861. The molecule has 1 heterocycles. The molecule has 0 saturated carbocycles. The van der Waals surface area contributed by atoms with Crippen molar-refractivity contribution in [1.82, 2.24) is 4.57 Å². The van der Waals surface area contributed by atoms with E-state index in [2.05, 4.69) is 0 Å². The number of hydrogen-bond acceptors (Lipinski definition) is 1. The van der Waals surface area contributed by atoms with Crippen molar-refractivity contribution in [1.29, 1.82) is 0 Å². The van der Waals surface area contributed by atoms with Crippen molar-refractivity contribution in [3.05, 3.63) is 35.0 Å². The van der Waals surface area contributed by atoms with Gasteiger partial charge in [0.25, 0.3) is 0 Å². The van der Waals surface area contributed by atoms with Gasteiger partial charge in [-0.05, 0) is 30.0 Å². The Labute approximate surface area is 101 Å². The number of aromatic carboxylic acids is 1. The molecule has 0 unspecified atom stereocenters. The predicted octanol–water partition coefficient (Wildman–Crippen LogP) is 3.31. The van der Waals surface area contributed by atoms with Crippen LogP contribution in [0.15, 0.2) is 18.2 Å². The zero-order chi connectivity index (χ0) is 12.7. The molecule has 3 heteroatoms. The molecule has 0 aliphatic heterocycles. The molecule has 0 bridgehead atoms. The molecule has 1 aromatic carbocycles. The van der Waals surface area contributed by atoms with E-state index in [1.807, 2.05) is 46.0 Å². The van der Waals surface area contributed by atoms with Crippen molar-refractivity contribution in [2.24, 2.45) is 7.05 Å². The molecule has 0 atom stereocenters. The minimum Gasteiger partial charge on any atom is -0.477 e. The maximum absolute atomic E-state index is 11.4. The summed E-state index contributed by atoms with van der Waals surface area (Å²) >= 11 is 0. The maximum Gasteiger partial charge on any atom is 0.352 e. The van der Waals surface area contributed by atoms with Crippen LogP contribution in [0.25, 0.3) is 10.9 Å². The van der Waals surface area contributed by atoms with Gasteiger partial charge in [0.05, 0.1) is 0 Å². The summed E-state index contributed by atoms with van der Waals surface area (Å²) in [6.07, 6.45) is 0. The number of aromatic nitrogens is 1. The predicted molar refractivity (Wildman–Crippen MR) is 68.7 cm³/mol. The van der Waals surface area contributed by atoms with Gasteiger partial charge in [-0.15, -0.1) is 0 Å². The first-order chi connectivity index (χ1) is 7.93. The highest BCUT2D eigenvalue weighted by Crippen LogP contribution is 2.31. The average molecular weight is 231 g/mol. The standard InChI is InChI=1S/C14H17NO2/c1-8(2)12-10-6-5-9(3)7-11(10)15(4)13(12)14(16)17/h5-8H,1-4H3,(H,16,17). The molecule has 0 aliphatic carbocycles. The maximum atomic E-state index is 11.4. The number of aryl methyl sites for hydroxylation is 2. The zero-order valence-corrected chi connectivity index (χ0v) is 10.6. The van der Waals surface area contributed by atoms with E-state index >= 15 is 0 Å². The summed E-state index contributed by atoms with van der Waals surface area (Å²) in [5.74, 6) is -0.655. The van der Waals surface area contributed by atoms with Crippen LogP contribution in [0.4, 0.5) is 0 Å². The summed E-state index contributed by atoms with van der Waals surface area (Å²) in [6.45, 7) is 6.07. The van der Waals surface area contributed by atoms with Crippen molar-refractivity contribution in [3.63, 3.8) is 0 Å². The second kappa shape index (κ2) is 3.91. The second-order valence-corrected chi connectivity index (χ2v) is 4.80. The van der Waals surface area contributed by atoms with E-state index in [9.17, 15) is 9.90 Å². The fourth-order valence-electron chi connectivity index (χ4n) is 2.42. The Bertz CT molecular complexity index is 594. The van der Waals surface area contributed by atoms with Gasteiger partial charge in [0, 0.05) is 18.0 Å². The van der Waals surface area contributed by atoms with Crippen molar-refractivity contribution in [2.75, 3.05) is 0 Å². The molecule has 2 rings (SSSR count). The van der Waals surface area contributed by atoms with E-state index in [1.54, 1.807) is 4.57 Å². The van der Waals surface area contributed by atoms with E-state index in [0.717, 1.165) is 22.0 Å². The Morgan fingerprint density at radius 1 is 1.35 bits per heavy atom. The van der Waals surface area contributed by atoms with Crippen LogP contribution in [0.1, 0.15) is 41.4 Å². The number of carbonyl (C=O) groups is 1. The van der Waals surface area contributed by atoms with Crippen LogP contribution in [-0.4, -0.2) is 15.6 Å². The van der Waals surface area contributed by atoms with Crippen LogP contribution >= 0.6 is 0 Å². The zero-order valence-electron chi connectivity index (χ0n) is 10.6. The smallest absolute Gasteiger partial charge is 0.352 e. The van der Waals surface area contributed by atoms with Gasteiger partial charge in [0.1, 0.15) is 5.69 Å². The first kappa shape index (κ1) is 11.7. The molecule has 1 aromatic heterocycles. The minimum atomic E-state index is -0.856. The number of rotatable bonds is 2. The summed E-state index contributed by atoms with van der Waals surface area (Å²) in [5.41, 5.74) is 3.46. The number of carboxylic acid groups (broad SMARTS) is 1. The molecule has 90 valence electrons. The van der Waals surface area contributed by atoms with Crippen LogP contribution < -0.4 is 0 Å². The molecule has 3 nitrogen and oxygen atoms in total. The highest BCUT2D eigenvalue weighted by atomic mass is 16.4. The molecule has 0 amide bonds. The summed E-state index contributed by atoms with van der Waals surface area (Å²) in [7, 11) is 1.82. The second-order valence-electron chi connectivity index (χ2n) is 4.80. The third-order valence-corrected chi connectivity index (χ3v) is 3.18. The van der Waals surface area contributed by atoms with Gasteiger partial charge in [-0.3, -0.25) is 0 Å². The van der Waals surface area contributed by atoms with Crippen LogP contribution in [0, 0.1) is 6.92 Å². The lowest BCUT2D eigenvalue weighted by molar-refractivity contribution is 0.0685. The molecule has 17 heavy (non-hydrogen) atoms. The molecule has 0 fully saturated rings. The molecule has 0 aliphatic rings. The topological polar surface area (TPSA) is 42.2 Å². The third-order valence-electron chi connectivity index (χ3n) is 3.18. The number of fused-ring (bicyclic) bond motifs is 1. The number of benzene rings is 1. The summed E-state index contributed by atoms with van der Waals surface area (Å²) in [5, 5.41) is 10.4. The highest BCUT2D eigenvalue weighted by Gasteiger charge is 2.22. The molecular weight excluding hydrogens is 214 g/mol. The Balaban J connectivity index is 2.92. The summed E-state index contributed by atoms with van der Waals surface area (Å²) < 4.78 is 1.78. The molecule has 1 N–H and O–H groups in total. The van der Waals surface area contributed by atoms with Gasteiger partial charge in [-0.25, -0.2) is 4.79 Å². The van der Waals surface area contributed by atoms with Crippen LogP contribution in [0.2, 0.25) is 0 Å². The molecule has 0 radical (unpaired) electrons. The van der Waals surface area contributed by atoms with Gasteiger partial charge in [-0.1, -0.05) is 26.0 Å². The van der Waals surface area contributed by atoms with Crippen molar-refractivity contribution >= 4 is 16.9 Å². The number of nitrogens with zero attached hydrogens (tertiary/aromatic N) is 1. The average Bonchev–Trinajstić information content (AvgIpc) is 2.52. The van der Waals surface area contributed by atoms with E-state index in [1.165, 1.54) is 0 Å². The highest BCUT2D eigenvalue weighted by molar-refractivity contribution is 5.98. The summed E-state index contributed by atoms with van der Waals surface area (Å²) in [4.78, 5) is 11.4. The molecule has 2 aromatic rings. The van der Waals surface area contributed by atoms with Crippen LogP contribution in [0.5, 0.6) is 0 Å². The lowest BCUT2D eigenvalue weighted by Crippen LogP contribution is -2.08. The van der Waals surface area contributed by atoms with Crippen molar-refractivity contribution in [2.45, 2.75) is 26.7 Å². The molecule has 0 saturated heterocycles. The largest absolute Gasteiger partial charge is 0.477 e. The van der Waals surface area contributed by atoms with E-state index in [-0.39, 0.29) is 5.92 Å². The summed E-state index contributed by atoms with van der Waals surface area (Å²) in [6, 6.07) is 6.08. The van der Waals surface area contributed by atoms with Gasteiger partial charge in [0.15, 0.2) is 0 Å². The van der Waals surface area contributed by atoms with Gasteiger partial charge < -0.3 is 9.67 Å². The fraction of sp³-hybridized carbons (Fsp3) is 0.357. The number of hydrogen-bond donors (Lipinski definition) is 1. The van der Waals surface area contributed by atoms with Crippen LogP contribution in [0.3, 0.4) is 0 Å². The third kappa shape index (κ3) is 1.71. The van der Waals surface area contributed by atoms with Crippen molar-refractivity contribution in [3.8, 4) is 0 Å². The molecule has 0 spiro atoms.